The number of hydrogen-bond donors (Lipinski definition) is 4. The molecule has 5 aromatic rings. The summed E-state index contributed by atoms with van der Waals surface area (Å²) in [6, 6.07) is 12.6. The number of carbonyl (C=O) groups excluding carboxylic acids is 1. The minimum Gasteiger partial charge on any atom is -0.457 e. The molecular formula is C23H17FN6O3. The third-order valence-corrected chi connectivity index (χ3v) is 5.15. The van der Waals surface area contributed by atoms with Crippen LogP contribution < -0.4 is 21.3 Å². The monoisotopic (exact) mass is 444 g/mol. The molecule has 0 saturated heterocycles. The van der Waals surface area contributed by atoms with Gasteiger partial charge in [-0.2, -0.15) is 0 Å². The molecule has 5 N–H and O–H groups in total. The number of hydrogen-bond acceptors (Lipinski definition) is 6. The SMILES string of the molecule is CNC(=O)c1cc(Oc2ccc3[nH]c(-c4c(N)c5c(F)cccc5[nH]c4=O)nc3c2)ccn1. The van der Waals surface area contributed by atoms with Crippen LogP contribution in [0.1, 0.15) is 10.5 Å². The second kappa shape index (κ2) is 7.75. The van der Waals surface area contributed by atoms with E-state index in [1.165, 1.54) is 31.4 Å². The highest BCUT2D eigenvalue weighted by atomic mass is 19.1. The highest BCUT2D eigenvalue weighted by Crippen LogP contribution is 2.31. The number of H-pyrrole nitrogens is 2. The first-order chi connectivity index (χ1) is 15.9. The second-order valence-corrected chi connectivity index (χ2v) is 7.23. The summed E-state index contributed by atoms with van der Waals surface area (Å²) in [5, 5.41) is 2.63. The fraction of sp³-hybridized carbons (Fsp3) is 0.0435. The zero-order valence-electron chi connectivity index (χ0n) is 17.3. The van der Waals surface area contributed by atoms with Crippen LogP contribution in [0.3, 0.4) is 0 Å². The van der Waals surface area contributed by atoms with Gasteiger partial charge in [-0.25, -0.2) is 9.37 Å². The van der Waals surface area contributed by atoms with E-state index in [9.17, 15) is 14.0 Å². The lowest BCUT2D eigenvalue weighted by Gasteiger charge is -2.07. The summed E-state index contributed by atoms with van der Waals surface area (Å²) in [4.78, 5) is 38.6. The molecule has 5 rings (SSSR count). The van der Waals surface area contributed by atoms with Crippen molar-refractivity contribution in [2.75, 3.05) is 12.8 Å². The lowest BCUT2D eigenvalue weighted by Crippen LogP contribution is -2.18. The molecule has 164 valence electrons. The van der Waals surface area contributed by atoms with Gasteiger partial charge in [-0.3, -0.25) is 14.6 Å². The number of aromatic nitrogens is 4. The van der Waals surface area contributed by atoms with Gasteiger partial charge in [0.2, 0.25) is 0 Å². The Balaban J connectivity index is 1.54. The van der Waals surface area contributed by atoms with E-state index in [-0.39, 0.29) is 34.1 Å². The Bertz CT molecular complexity index is 1610. The van der Waals surface area contributed by atoms with E-state index in [0.29, 0.717) is 28.0 Å². The number of pyridine rings is 2. The summed E-state index contributed by atoms with van der Waals surface area (Å²) in [7, 11) is 1.52. The smallest absolute Gasteiger partial charge is 0.269 e. The molecule has 2 aromatic carbocycles. The number of rotatable bonds is 4. The fourth-order valence-corrected chi connectivity index (χ4v) is 3.60. The van der Waals surface area contributed by atoms with Gasteiger partial charge in [0.05, 0.1) is 27.6 Å². The molecule has 0 aliphatic carbocycles. The number of imidazole rings is 1. The van der Waals surface area contributed by atoms with Crippen LogP contribution in [0.15, 0.2) is 59.5 Å². The maximum absolute atomic E-state index is 14.4. The van der Waals surface area contributed by atoms with Crippen molar-refractivity contribution in [3.63, 3.8) is 0 Å². The third kappa shape index (κ3) is 3.53. The average molecular weight is 444 g/mol. The van der Waals surface area contributed by atoms with Crippen LogP contribution in [0.5, 0.6) is 11.5 Å². The molecular weight excluding hydrogens is 427 g/mol. The van der Waals surface area contributed by atoms with Gasteiger partial charge in [0.25, 0.3) is 11.5 Å². The average Bonchev–Trinajstić information content (AvgIpc) is 3.21. The van der Waals surface area contributed by atoms with Gasteiger partial charge in [-0.1, -0.05) is 6.07 Å². The maximum Gasteiger partial charge on any atom is 0.269 e. The van der Waals surface area contributed by atoms with Crippen molar-refractivity contribution in [1.29, 1.82) is 0 Å². The van der Waals surface area contributed by atoms with Crippen LogP contribution in [-0.2, 0) is 0 Å². The zero-order chi connectivity index (χ0) is 23.1. The van der Waals surface area contributed by atoms with Crippen molar-refractivity contribution in [1.82, 2.24) is 25.3 Å². The normalized spacial score (nSPS) is 11.1. The summed E-state index contributed by atoms with van der Waals surface area (Å²) in [5.74, 6) is 0.215. The van der Waals surface area contributed by atoms with E-state index >= 15 is 0 Å². The number of fused-ring (bicyclic) bond motifs is 2. The van der Waals surface area contributed by atoms with Crippen LogP contribution in [-0.4, -0.2) is 32.9 Å². The van der Waals surface area contributed by atoms with Crippen molar-refractivity contribution >= 4 is 33.5 Å². The van der Waals surface area contributed by atoms with Gasteiger partial charge in [0.1, 0.15) is 34.4 Å². The lowest BCUT2D eigenvalue weighted by atomic mass is 10.1. The van der Waals surface area contributed by atoms with E-state index in [1.807, 2.05) is 0 Å². The van der Waals surface area contributed by atoms with Gasteiger partial charge in [0.15, 0.2) is 0 Å². The zero-order valence-corrected chi connectivity index (χ0v) is 17.3. The molecule has 3 aromatic heterocycles. The Morgan fingerprint density at radius 1 is 1.09 bits per heavy atom. The molecule has 0 unspecified atom stereocenters. The number of nitrogens with zero attached hydrogens (tertiary/aromatic N) is 2. The number of aromatic amines is 2. The van der Waals surface area contributed by atoms with Crippen LogP contribution in [0.2, 0.25) is 0 Å². The van der Waals surface area contributed by atoms with Crippen molar-refractivity contribution in [3.05, 3.63) is 76.6 Å². The van der Waals surface area contributed by atoms with Crippen LogP contribution in [0, 0.1) is 5.82 Å². The predicted molar refractivity (Wildman–Crippen MR) is 122 cm³/mol. The second-order valence-electron chi connectivity index (χ2n) is 7.23. The van der Waals surface area contributed by atoms with Crippen molar-refractivity contribution in [3.8, 4) is 22.9 Å². The van der Waals surface area contributed by atoms with E-state index in [2.05, 4.69) is 25.3 Å². The minimum absolute atomic E-state index is 0.000829. The molecule has 0 radical (unpaired) electrons. The lowest BCUT2D eigenvalue weighted by molar-refractivity contribution is 0.0958. The van der Waals surface area contributed by atoms with Crippen LogP contribution in [0.4, 0.5) is 10.1 Å². The number of ether oxygens (including phenoxy) is 1. The Kier molecular flexibility index (Phi) is 4.74. The van der Waals surface area contributed by atoms with E-state index in [4.69, 9.17) is 10.5 Å². The fourth-order valence-electron chi connectivity index (χ4n) is 3.60. The molecule has 9 nitrogen and oxygen atoms in total. The third-order valence-electron chi connectivity index (χ3n) is 5.15. The van der Waals surface area contributed by atoms with Gasteiger partial charge in [0, 0.05) is 25.4 Å². The van der Waals surface area contributed by atoms with E-state index < -0.39 is 11.4 Å². The number of carbonyl (C=O) groups is 1. The maximum atomic E-state index is 14.4. The summed E-state index contributed by atoms with van der Waals surface area (Å²) in [5.41, 5.74) is 7.40. The number of amides is 1. The first-order valence-electron chi connectivity index (χ1n) is 9.90. The largest absolute Gasteiger partial charge is 0.457 e. The number of nitrogens with two attached hydrogens (primary N) is 1. The molecule has 1 amide bonds. The minimum atomic E-state index is -0.539. The molecule has 3 heterocycles. The van der Waals surface area contributed by atoms with Crippen LogP contribution in [0.25, 0.3) is 33.3 Å². The molecule has 0 spiro atoms. The van der Waals surface area contributed by atoms with Crippen LogP contribution >= 0.6 is 0 Å². The Morgan fingerprint density at radius 2 is 1.91 bits per heavy atom. The van der Waals surface area contributed by atoms with Gasteiger partial charge < -0.3 is 25.8 Å². The topological polar surface area (TPSA) is 139 Å². The highest BCUT2D eigenvalue weighted by Gasteiger charge is 2.18. The quantitative estimate of drug-likeness (QED) is 0.335. The van der Waals surface area contributed by atoms with Crippen molar-refractivity contribution in [2.45, 2.75) is 0 Å². The van der Waals surface area contributed by atoms with Gasteiger partial charge in [-0.05, 0) is 30.3 Å². The molecule has 0 aliphatic heterocycles. The summed E-state index contributed by atoms with van der Waals surface area (Å²) in [6.07, 6.45) is 1.47. The Morgan fingerprint density at radius 3 is 2.73 bits per heavy atom. The number of nitrogen functional groups attached to an aromatic ring is 1. The summed E-state index contributed by atoms with van der Waals surface area (Å²) in [6.45, 7) is 0. The van der Waals surface area contributed by atoms with Crippen molar-refractivity contribution < 1.29 is 13.9 Å². The molecule has 10 heteroatoms. The Labute approximate surface area is 185 Å². The predicted octanol–water partition coefficient (Wildman–Crippen LogP) is 3.34. The number of benzene rings is 2. The molecule has 0 bridgehead atoms. The number of halogens is 1. The first kappa shape index (κ1) is 20.2. The Hall–Kier alpha value is -4.73. The van der Waals surface area contributed by atoms with E-state index in [0.717, 1.165) is 0 Å². The first-order valence-corrected chi connectivity index (χ1v) is 9.90. The molecule has 0 aliphatic rings. The standard InChI is InChI=1S/C23H17FN6O3/c1-26-22(31)17-10-12(7-8-27-17)33-11-5-6-14-16(9-11)29-21(28-14)19-20(25)18-13(24)3-2-4-15(18)30-23(19)32/h2-10H,1H3,(H,26,31)(H,28,29)(H3,25,30,32). The van der Waals surface area contributed by atoms with E-state index in [1.54, 1.807) is 30.3 Å². The molecule has 0 atom stereocenters. The molecule has 0 saturated carbocycles. The highest BCUT2D eigenvalue weighted by molar-refractivity contribution is 5.98. The van der Waals surface area contributed by atoms with Gasteiger partial charge in [-0.15, -0.1) is 0 Å². The molecule has 0 fully saturated rings. The number of anilines is 1. The summed E-state index contributed by atoms with van der Waals surface area (Å²) < 4.78 is 20.2. The summed E-state index contributed by atoms with van der Waals surface area (Å²) >= 11 is 0. The molecule has 33 heavy (non-hydrogen) atoms. The van der Waals surface area contributed by atoms with Gasteiger partial charge >= 0.3 is 0 Å². The van der Waals surface area contributed by atoms with Crippen molar-refractivity contribution in [2.24, 2.45) is 0 Å². The number of nitrogens with one attached hydrogen (secondary N) is 3.